The van der Waals surface area contributed by atoms with Gasteiger partial charge in [0.25, 0.3) is 5.56 Å². The fourth-order valence-corrected chi connectivity index (χ4v) is 5.84. The summed E-state index contributed by atoms with van der Waals surface area (Å²) in [6.45, 7) is 0.323. The number of carbonyl (C=O) groups is 1. The first-order valence-corrected chi connectivity index (χ1v) is 12.6. The molecule has 1 aliphatic carbocycles. The van der Waals surface area contributed by atoms with Crippen molar-refractivity contribution in [3.05, 3.63) is 87.0 Å². The SMILES string of the molecule is COc1ccccc1Cn1c(SCC(=O)NC2CCc3ccccc32)nc2ccsc2c1=O. The first-order valence-electron chi connectivity index (χ1n) is 10.7. The average Bonchev–Trinajstić information content (AvgIpc) is 3.47. The molecule has 2 aromatic carbocycles. The van der Waals surface area contributed by atoms with Gasteiger partial charge in [-0.2, -0.15) is 0 Å². The summed E-state index contributed by atoms with van der Waals surface area (Å²) in [7, 11) is 1.61. The van der Waals surface area contributed by atoms with E-state index in [2.05, 4.69) is 17.4 Å². The Morgan fingerprint density at radius 2 is 2.03 bits per heavy atom. The Balaban J connectivity index is 1.38. The van der Waals surface area contributed by atoms with E-state index in [0.717, 1.165) is 18.4 Å². The van der Waals surface area contributed by atoms with Crippen molar-refractivity contribution in [2.45, 2.75) is 30.6 Å². The maximum atomic E-state index is 13.3. The van der Waals surface area contributed by atoms with Gasteiger partial charge in [-0.05, 0) is 41.5 Å². The van der Waals surface area contributed by atoms with Crippen LogP contribution in [0, 0.1) is 0 Å². The van der Waals surface area contributed by atoms with Crippen molar-refractivity contribution < 1.29 is 9.53 Å². The minimum Gasteiger partial charge on any atom is -0.496 e. The molecule has 0 bridgehead atoms. The molecule has 1 amide bonds. The molecule has 0 aliphatic heterocycles. The zero-order valence-electron chi connectivity index (χ0n) is 18.1. The van der Waals surface area contributed by atoms with Gasteiger partial charge in [-0.15, -0.1) is 11.3 Å². The number of thioether (sulfide) groups is 1. The van der Waals surface area contributed by atoms with Gasteiger partial charge >= 0.3 is 0 Å². The number of carbonyl (C=O) groups excluding carboxylic acids is 1. The van der Waals surface area contributed by atoms with Gasteiger partial charge in [0, 0.05) is 5.56 Å². The topological polar surface area (TPSA) is 73.2 Å². The molecular formula is C25H23N3O3S2. The van der Waals surface area contributed by atoms with Crippen LogP contribution in [0.4, 0.5) is 0 Å². The second kappa shape index (κ2) is 9.41. The number of hydrogen-bond donors (Lipinski definition) is 1. The minimum atomic E-state index is -0.103. The Labute approximate surface area is 199 Å². The van der Waals surface area contributed by atoms with Crippen molar-refractivity contribution in [2.75, 3.05) is 12.9 Å². The fraction of sp³-hybridized carbons (Fsp3) is 0.240. The van der Waals surface area contributed by atoms with Crippen LogP contribution in [0.3, 0.4) is 0 Å². The average molecular weight is 478 g/mol. The molecule has 0 saturated carbocycles. The van der Waals surface area contributed by atoms with Gasteiger partial charge in [-0.3, -0.25) is 14.2 Å². The smallest absolute Gasteiger partial charge is 0.272 e. The number of amides is 1. The number of aryl methyl sites for hydroxylation is 1. The van der Waals surface area contributed by atoms with Crippen LogP contribution in [0.5, 0.6) is 5.75 Å². The molecule has 1 N–H and O–H groups in total. The van der Waals surface area contributed by atoms with Gasteiger partial charge in [-0.25, -0.2) is 4.98 Å². The molecule has 0 fully saturated rings. The van der Waals surface area contributed by atoms with E-state index in [-0.39, 0.29) is 23.3 Å². The third-order valence-corrected chi connectivity index (χ3v) is 7.72. The molecule has 2 aromatic heterocycles. The van der Waals surface area contributed by atoms with Crippen molar-refractivity contribution in [3.8, 4) is 5.75 Å². The molecule has 1 atom stereocenters. The summed E-state index contributed by atoms with van der Waals surface area (Å²) in [5.41, 5.74) is 3.93. The van der Waals surface area contributed by atoms with E-state index in [1.807, 2.05) is 47.8 Å². The highest BCUT2D eigenvalue weighted by Crippen LogP contribution is 2.31. The standard InChI is InChI=1S/C25H23N3O3S2/c1-31-21-9-5-3-7-17(21)14-28-24(30)23-20(12-13-32-23)27-25(28)33-15-22(29)26-19-11-10-16-6-2-4-8-18(16)19/h2-9,12-13,19H,10-11,14-15H2,1H3,(H,26,29). The number of ether oxygens (including phenoxy) is 1. The van der Waals surface area contributed by atoms with E-state index in [1.54, 1.807) is 11.7 Å². The Morgan fingerprint density at radius 3 is 2.91 bits per heavy atom. The first kappa shape index (κ1) is 21.7. The van der Waals surface area contributed by atoms with Crippen LogP contribution < -0.4 is 15.6 Å². The Kier molecular flexibility index (Phi) is 6.20. The summed E-state index contributed by atoms with van der Waals surface area (Å²) in [6.07, 6.45) is 1.89. The number of nitrogens with zero attached hydrogens (tertiary/aromatic N) is 2. The molecule has 0 saturated heterocycles. The third kappa shape index (κ3) is 4.41. The Hall–Kier alpha value is -3.10. The number of hydrogen-bond acceptors (Lipinski definition) is 6. The van der Waals surface area contributed by atoms with E-state index in [4.69, 9.17) is 9.72 Å². The number of thiophene rings is 1. The van der Waals surface area contributed by atoms with E-state index < -0.39 is 0 Å². The van der Waals surface area contributed by atoms with Crippen LogP contribution >= 0.6 is 23.1 Å². The van der Waals surface area contributed by atoms with Gasteiger partial charge in [0.15, 0.2) is 5.16 Å². The monoisotopic (exact) mass is 477 g/mol. The van der Waals surface area contributed by atoms with E-state index in [1.165, 1.54) is 34.2 Å². The lowest BCUT2D eigenvalue weighted by Crippen LogP contribution is -2.29. The molecule has 0 spiro atoms. The maximum Gasteiger partial charge on any atom is 0.272 e. The summed E-state index contributed by atoms with van der Waals surface area (Å²) in [4.78, 5) is 30.7. The Bertz CT molecular complexity index is 1380. The number of rotatable bonds is 7. The first-order chi connectivity index (χ1) is 16.1. The largest absolute Gasteiger partial charge is 0.496 e. The molecule has 8 heteroatoms. The summed E-state index contributed by atoms with van der Waals surface area (Å²) in [5, 5.41) is 5.54. The van der Waals surface area contributed by atoms with Gasteiger partial charge in [0.1, 0.15) is 10.4 Å². The maximum absolute atomic E-state index is 13.3. The third-order valence-electron chi connectivity index (χ3n) is 5.85. The normalized spacial score (nSPS) is 14.9. The van der Waals surface area contributed by atoms with Crippen molar-refractivity contribution in [2.24, 2.45) is 0 Å². The molecule has 1 unspecified atom stereocenters. The van der Waals surface area contributed by atoms with Crippen LogP contribution in [0.25, 0.3) is 10.2 Å². The van der Waals surface area contributed by atoms with Crippen molar-refractivity contribution in [1.82, 2.24) is 14.9 Å². The molecule has 0 radical (unpaired) electrons. The molecule has 168 valence electrons. The highest BCUT2D eigenvalue weighted by atomic mass is 32.2. The molecule has 4 aromatic rings. The van der Waals surface area contributed by atoms with Crippen molar-refractivity contribution >= 4 is 39.2 Å². The molecule has 1 aliphatic rings. The predicted molar refractivity (Wildman–Crippen MR) is 132 cm³/mol. The second-order valence-corrected chi connectivity index (χ2v) is 9.74. The quantitative estimate of drug-likeness (QED) is 0.315. The zero-order chi connectivity index (χ0) is 22.8. The number of nitrogens with one attached hydrogen (secondary N) is 1. The summed E-state index contributed by atoms with van der Waals surface area (Å²) < 4.78 is 7.72. The van der Waals surface area contributed by atoms with Gasteiger partial charge in [0.2, 0.25) is 5.91 Å². The Morgan fingerprint density at radius 1 is 1.21 bits per heavy atom. The van der Waals surface area contributed by atoms with E-state index in [9.17, 15) is 9.59 Å². The number of methoxy groups -OCH3 is 1. The van der Waals surface area contributed by atoms with Crippen LogP contribution in [0.15, 0.2) is 69.9 Å². The minimum absolute atomic E-state index is 0.0392. The lowest BCUT2D eigenvalue weighted by Gasteiger charge is -2.16. The van der Waals surface area contributed by atoms with E-state index >= 15 is 0 Å². The highest BCUT2D eigenvalue weighted by Gasteiger charge is 2.24. The second-order valence-electron chi connectivity index (χ2n) is 7.88. The van der Waals surface area contributed by atoms with Crippen LogP contribution in [-0.2, 0) is 17.8 Å². The zero-order valence-corrected chi connectivity index (χ0v) is 19.7. The number of aromatic nitrogens is 2. The summed E-state index contributed by atoms with van der Waals surface area (Å²) >= 11 is 2.67. The van der Waals surface area contributed by atoms with Crippen molar-refractivity contribution in [1.29, 1.82) is 0 Å². The fourth-order valence-electron chi connectivity index (χ4n) is 4.25. The number of fused-ring (bicyclic) bond motifs is 2. The van der Waals surface area contributed by atoms with Crippen LogP contribution in [0.2, 0.25) is 0 Å². The molecule has 33 heavy (non-hydrogen) atoms. The number of para-hydroxylation sites is 1. The van der Waals surface area contributed by atoms with E-state index in [0.29, 0.717) is 27.7 Å². The summed E-state index contributed by atoms with van der Waals surface area (Å²) in [5.74, 6) is 0.835. The van der Waals surface area contributed by atoms with Gasteiger partial charge < -0.3 is 10.1 Å². The molecule has 6 nitrogen and oxygen atoms in total. The molecule has 5 rings (SSSR count). The molecular weight excluding hydrogens is 454 g/mol. The summed E-state index contributed by atoms with van der Waals surface area (Å²) in [6, 6.07) is 17.7. The predicted octanol–water partition coefficient (Wildman–Crippen LogP) is 4.41. The lowest BCUT2D eigenvalue weighted by molar-refractivity contribution is -0.119. The van der Waals surface area contributed by atoms with Crippen LogP contribution in [-0.4, -0.2) is 28.3 Å². The highest BCUT2D eigenvalue weighted by molar-refractivity contribution is 7.99. The number of benzene rings is 2. The molecule has 2 heterocycles. The van der Waals surface area contributed by atoms with Gasteiger partial charge in [0.05, 0.1) is 31.0 Å². The van der Waals surface area contributed by atoms with Crippen LogP contribution in [0.1, 0.15) is 29.2 Å². The lowest BCUT2D eigenvalue weighted by atomic mass is 10.1. The van der Waals surface area contributed by atoms with Gasteiger partial charge in [-0.1, -0.05) is 54.2 Å². The van der Waals surface area contributed by atoms with Crippen molar-refractivity contribution in [3.63, 3.8) is 0 Å².